The molecule has 1 aromatic carbocycles. The molecule has 0 spiro atoms. The molecule has 0 atom stereocenters. The Morgan fingerprint density at radius 2 is 2.26 bits per heavy atom. The van der Waals surface area contributed by atoms with Gasteiger partial charge in [-0.25, -0.2) is 4.68 Å². The topological polar surface area (TPSA) is 69.6 Å². The summed E-state index contributed by atoms with van der Waals surface area (Å²) in [5, 5.41) is 12.3. The number of nitrogens with zero attached hydrogens (tertiary/aromatic N) is 5. The third-order valence-electron chi connectivity index (χ3n) is 3.44. The summed E-state index contributed by atoms with van der Waals surface area (Å²) < 4.78 is 7.18. The molecule has 1 fully saturated rings. The Labute approximate surface area is 109 Å². The van der Waals surface area contributed by atoms with Crippen molar-refractivity contribution in [3.63, 3.8) is 0 Å². The Morgan fingerprint density at radius 3 is 3.05 bits per heavy atom. The van der Waals surface area contributed by atoms with E-state index in [0.29, 0.717) is 11.8 Å². The molecule has 0 saturated heterocycles. The molecule has 0 bridgehead atoms. The van der Waals surface area contributed by atoms with E-state index in [0.717, 1.165) is 29.0 Å². The first kappa shape index (κ1) is 10.7. The largest absolute Gasteiger partial charge is 0.334 e. The molecule has 19 heavy (non-hydrogen) atoms. The number of aromatic nitrogens is 5. The van der Waals surface area contributed by atoms with Gasteiger partial charge in [-0.15, -0.1) is 5.10 Å². The number of hydrogen-bond donors (Lipinski definition) is 0. The lowest BCUT2D eigenvalue weighted by Gasteiger charge is -1.97. The quantitative estimate of drug-likeness (QED) is 0.718. The Bertz CT molecular complexity index is 740. The molecule has 0 radical (unpaired) electrons. The molecule has 2 heterocycles. The molecule has 6 nitrogen and oxygen atoms in total. The molecule has 1 aliphatic rings. The summed E-state index contributed by atoms with van der Waals surface area (Å²) in [7, 11) is 0. The van der Waals surface area contributed by atoms with Crippen LogP contribution in [0.1, 0.15) is 31.5 Å². The summed E-state index contributed by atoms with van der Waals surface area (Å²) in [6, 6.07) is 5.91. The number of hydrogen-bond acceptors (Lipinski definition) is 5. The van der Waals surface area contributed by atoms with Gasteiger partial charge in [-0.2, -0.15) is 4.98 Å². The third kappa shape index (κ3) is 1.71. The van der Waals surface area contributed by atoms with Crippen LogP contribution in [0.3, 0.4) is 0 Å². The van der Waals surface area contributed by atoms with Crippen molar-refractivity contribution < 1.29 is 4.52 Å². The molecule has 0 unspecified atom stereocenters. The number of aryl methyl sites for hydroxylation is 1. The van der Waals surface area contributed by atoms with Gasteiger partial charge in [0.1, 0.15) is 5.52 Å². The highest BCUT2D eigenvalue weighted by atomic mass is 16.5. The predicted octanol–water partition coefficient (Wildman–Crippen LogP) is 2.38. The van der Waals surface area contributed by atoms with Crippen LogP contribution in [0.25, 0.3) is 22.5 Å². The molecule has 3 aromatic rings. The minimum absolute atomic E-state index is 0.502. The summed E-state index contributed by atoms with van der Waals surface area (Å²) in [6.45, 7) is 2.85. The number of rotatable bonds is 3. The Morgan fingerprint density at radius 1 is 1.37 bits per heavy atom. The van der Waals surface area contributed by atoms with Gasteiger partial charge in [0.05, 0.1) is 5.52 Å². The Balaban J connectivity index is 1.77. The van der Waals surface area contributed by atoms with E-state index in [1.807, 2.05) is 29.8 Å². The van der Waals surface area contributed by atoms with E-state index in [-0.39, 0.29) is 0 Å². The zero-order valence-corrected chi connectivity index (χ0v) is 10.6. The first-order valence-corrected chi connectivity index (χ1v) is 6.52. The smallest absolute Gasteiger partial charge is 0.258 e. The van der Waals surface area contributed by atoms with Gasteiger partial charge in [0.15, 0.2) is 5.82 Å². The van der Waals surface area contributed by atoms with Gasteiger partial charge in [-0.1, -0.05) is 10.4 Å². The van der Waals surface area contributed by atoms with Crippen LogP contribution >= 0.6 is 0 Å². The van der Waals surface area contributed by atoms with Gasteiger partial charge in [-0.05, 0) is 38.0 Å². The van der Waals surface area contributed by atoms with Crippen LogP contribution in [0.5, 0.6) is 0 Å². The SMILES string of the molecule is CCn1nnc2cc(-c3nc(C4CC4)no3)ccc21. The lowest BCUT2D eigenvalue weighted by Crippen LogP contribution is -1.95. The second-order valence-corrected chi connectivity index (χ2v) is 4.84. The molecule has 1 aliphatic carbocycles. The summed E-state index contributed by atoms with van der Waals surface area (Å²) in [5.41, 5.74) is 2.77. The highest BCUT2D eigenvalue weighted by Crippen LogP contribution is 2.38. The molecule has 0 aliphatic heterocycles. The maximum atomic E-state index is 5.32. The third-order valence-corrected chi connectivity index (χ3v) is 3.44. The van der Waals surface area contributed by atoms with Crippen LogP contribution in [0.4, 0.5) is 0 Å². The van der Waals surface area contributed by atoms with Crippen molar-refractivity contribution in [1.29, 1.82) is 0 Å². The van der Waals surface area contributed by atoms with Gasteiger partial charge in [0.25, 0.3) is 5.89 Å². The van der Waals surface area contributed by atoms with Crippen LogP contribution in [0.2, 0.25) is 0 Å². The highest BCUT2D eigenvalue weighted by molar-refractivity contribution is 5.79. The Hall–Kier alpha value is -2.24. The van der Waals surface area contributed by atoms with E-state index < -0.39 is 0 Å². The summed E-state index contributed by atoms with van der Waals surface area (Å²) in [4.78, 5) is 4.44. The molecule has 0 N–H and O–H groups in total. The van der Waals surface area contributed by atoms with E-state index in [2.05, 4.69) is 20.5 Å². The van der Waals surface area contributed by atoms with Crippen molar-refractivity contribution in [2.24, 2.45) is 0 Å². The van der Waals surface area contributed by atoms with Gasteiger partial charge in [0, 0.05) is 18.0 Å². The van der Waals surface area contributed by atoms with Gasteiger partial charge < -0.3 is 4.52 Å². The second kappa shape index (κ2) is 3.88. The number of benzene rings is 1. The molecule has 0 amide bonds. The monoisotopic (exact) mass is 255 g/mol. The van der Waals surface area contributed by atoms with E-state index in [1.165, 1.54) is 12.8 Å². The van der Waals surface area contributed by atoms with Gasteiger partial charge in [0.2, 0.25) is 0 Å². The summed E-state index contributed by atoms with van der Waals surface area (Å²) >= 11 is 0. The maximum absolute atomic E-state index is 5.32. The standard InChI is InChI=1S/C13H13N5O/c1-2-18-11-6-5-9(7-10(11)15-17-18)13-14-12(16-19-13)8-3-4-8/h5-8H,2-4H2,1H3. The van der Waals surface area contributed by atoms with Crippen LogP contribution in [0, 0.1) is 0 Å². The van der Waals surface area contributed by atoms with Crippen molar-refractivity contribution in [1.82, 2.24) is 25.1 Å². The van der Waals surface area contributed by atoms with Crippen molar-refractivity contribution in [3.8, 4) is 11.5 Å². The first-order chi connectivity index (χ1) is 9.35. The van der Waals surface area contributed by atoms with Crippen LogP contribution in [-0.4, -0.2) is 25.1 Å². The van der Waals surface area contributed by atoms with Crippen molar-refractivity contribution >= 4 is 11.0 Å². The highest BCUT2D eigenvalue weighted by Gasteiger charge is 2.29. The molecule has 6 heteroatoms. The van der Waals surface area contributed by atoms with E-state index in [9.17, 15) is 0 Å². The predicted molar refractivity (Wildman–Crippen MR) is 68.5 cm³/mol. The average Bonchev–Trinajstić information content (AvgIpc) is 3.04. The lowest BCUT2D eigenvalue weighted by molar-refractivity contribution is 0.423. The minimum Gasteiger partial charge on any atom is -0.334 e. The van der Waals surface area contributed by atoms with Crippen molar-refractivity contribution in [2.75, 3.05) is 0 Å². The average molecular weight is 255 g/mol. The normalized spacial score (nSPS) is 15.2. The molecule has 4 rings (SSSR count). The molecule has 1 saturated carbocycles. The maximum Gasteiger partial charge on any atom is 0.258 e. The summed E-state index contributed by atoms with van der Waals surface area (Å²) in [6.07, 6.45) is 2.34. The molecular weight excluding hydrogens is 242 g/mol. The van der Waals surface area contributed by atoms with Crippen molar-refractivity contribution in [3.05, 3.63) is 24.0 Å². The number of fused-ring (bicyclic) bond motifs is 1. The van der Waals surface area contributed by atoms with Gasteiger partial charge in [-0.3, -0.25) is 0 Å². The van der Waals surface area contributed by atoms with Gasteiger partial charge >= 0.3 is 0 Å². The fourth-order valence-electron chi connectivity index (χ4n) is 2.20. The minimum atomic E-state index is 0.502. The summed E-state index contributed by atoms with van der Waals surface area (Å²) in [5.74, 6) is 1.89. The molecule has 2 aromatic heterocycles. The lowest BCUT2D eigenvalue weighted by atomic mass is 10.2. The molecular formula is C13H13N5O. The van der Waals surface area contributed by atoms with E-state index in [4.69, 9.17) is 4.52 Å². The van der Waals surface area contributed by atoms with E-state index >= 15 is 0 Å². The Kier molecular flexibility index (Phi) is 2.18. The fraction of sp³-hybridized carbons (Fsp3) is 0.385. The van der Waals surface area contributed by atoms with E-state index in [1.54, 1.807) is 0 Å². The fourth-order valence-corrected chi connectivity index (χ4v) is 2.20. The van der Waals surface area contributed by atoms with Crippen molar-refractivity contribution in [2.45, 2.75) is 32.2 Å². The zero-order chi connectivity index (χ0) is 12.8. The zero-order valence-electron chi connectivity index (χ0n) is 10.6. The first-order valence-electron chi connectivity index (χ1n) is 6.52. The molecule has 96 valence electrons. The van der Waals surface area contributed by atoms with Crippen LogP contribution in [-0.2, 0) is 6.54 Å². The van der Waals surface area contributed by atoms with Crippen LogP contribution < -0.4 is 0 Å². The van der Waals surface area contributed by atoms with Crippen LogP contribution in [0.15, 0.2) is 22.7 Å². The second-order valence-electron chi connectivity index (χ2n) is 4.84.